The standard InChI is InChI=1S/C18H27N3O2/c1-20(12-16-7-3-9-19-11-16)14-18(23)8-4-10-21(17(18)22)13-15-5-2-6-15/h3,7,9,11,15,23H,2,4-6,8,10,12-14H2,1H3/t18-/m1/s1. The van der Waals surface area contributed by atoms with E-state index in [-0.39, 0.29) is 5.91 Å². The van der Waals surface area contributed by atoms with Crippen LogP contribution in [0.15, 0.2) is 24.5 Å². The Morgan fingerprint density at radius 2 is 2.26 bits per heavy atom. The van der Waals surface area contributed by atoms with Gasteiger partial charge in [-0.05, 0) is 50.3 Å². The fourth-order valence-electron chi connectivity index (χ4n) is 3.68. The van der Waals surface area contributed by atoms with Crippen molar-refractivity contribution < 1.29 is 9.90 Å². The van der Waals surface area contributed by atoms with Crippen molar-refractivity contribution in [3.05, 3.63) is 30.1 Å². The molecule has 0 radical (unpaired) electrons. The number of aliphatic hydroxyl groups is 1. The molecule has 1 saturated heterocycles. The lowest BCUT2D eigenvalue weighted by molar-refractivity contribution is -0.160. The van der Waals surface area contributed by atoms with Gasteiger partial charge in [0, 0.05) is 38.6 Å². The van der Waals surface area contributed by atoms with E-state index in [0.29, 0.717) is 25.4 Å². The summed E-state index contributed by atoms with van der Waals surface area (Å²) in [4.78, 5) is 20.8. The molecule has 1 saturated carbocycles. The van der Waals surface area contributed by atoms with Crippen LogP contribution in [0.5, 0.6) is 0 Å². The van der Waals surface area contributed by atoms with E-state index in [1.54, 1.807) is 6.20 Å². The average Bonchev–Trinajstić information content (AvgIpc) is 2.48. The van der Waals surface area contributed by atoms with Crippen LogP contribution in [0, 0.1) is 5.92 Å². The van der Waals surface area contributed by atoms with Crippen LogP contribution in [0.4, 0.5) is 0 Å². The van der Waals surface area contributed by atoms with Gasteiger partial charge in [-0.1, -0.05) is 12.5 Å². The van der Waals surface area contributed by atoms with Crippen LogP contribution in [-0.2, 0) is 11.3 Å². The molecule has 0 aromatic carbocycles. The molecule has 1 aliphatic carbocycles. The first kappa shape index (κ1) is 16.4. The molecule has 23 heavy (non-hydrogen) atoms. The second kappa shape index (κ2) is 6.97. The third-order valence-electron chi connectivity index (χ3n) is 5.11. The number of likely N-dealkylation sites (N-methyl/N-ethyl adjacent to an activating group) is 1. The van der Waals surface area contributed by atoms with Gasteiger partial charge in [-0.3, -0.25) is 14.7 Å². The number of amides is 1. The highest BCUT2D eigenvalue weighted by Crippen LogP contribution is 2.30. The van der Waals surface area contributed by atoms with Gasteiger partial charge in [0.15, 0.2) is 5.60 Å². The summed E-state index contributed by atoms with van der Waals surface area (Å²) in [7, 11) is 1.95. The van der Waals surface area contributed by atoms with Crippen LogP contribution in [0.3, 0.4) is 0 Å². The Kier molecular flexibility index (Phi) is 4.97. The molecule has 1 aliphatic heterocycles. The maximum absolute atomic E-state index is 12.7. The summed E-state index contributed by atoms with van der Waals surface area (Å²) in [6, 6.07) is 3.92. The van der Waals surface area contributed by atoms with Gasteiger partial charge in [0.05, 0.1) is 0 Å². The number of carbonyl (C=O) groups is 1. The maximum atomic E-state index is 12.7. The summed E-state index contributed by atoms with van der Waals surface area (Å²) in [6.07, 6.45) is 8.75. The Balaban J connectivity index is 1.59. The number of likely N-dealkylation sites (tertiary alicyclic amines) is 1. The van der Waals surface area contributed by atoms with Gasteiger partial charge in [-0.25, -0.2) is 0 Å². The smallest absolute Gasteiger partial charge is 0.255 e. The monoisotopic (exact) mass is 317 g/mol. The summed E-state index contributed by atoms with van der Waals surface area (Å²) in [6.45, 7) is 2.69. The maximum Gasteiger partial charge on any atom is 0.255 e. The van der Waals surface area contributed by atoms with Crippen molar-refractivity contribution in [2.24, 2.45) is 5.92 Å². The van der Waals surface area contributed by atoms with E-state index in [1.165, 1.54) is 19.3 Å². The van der Waals surface area contributed by atoms with Gasteiger partial charge in [0.25, 0.3) is 5.91 Å². The zero-order chi connectivity index (χ0) is 16.3. The summed E-state index contributed by atoms with van der Waals surface area (Å²) in [5.74, 6) is 0.572. The second-order valence-electron chi connectivity index (χ2n) is 7.22. The van der Waals surface area contributed by atoms with Crippen LogP contribution in [0.1, 0.15) is 37.7 Å². The molecule has 1 atom stereocenters. The summed E-state index contributed by atoms with van der Waals surface area (Å²) in [5, 5.41) is 10.9. The molecule has 1 amide bonds. The highest BCUT2D eigenvalue weighted by molar-refractivity contribution is 5.86. The molecule has 2 aliphatic rings. The zero-order valence-electron chi connectivity index (χ0n) is 13.9. The van der Waals surface area contributed by atoms with Crippen LogP contribution >= 0.6 is 0 Å². The first-order chi connectivity index (χ1) is 11.1. The minimum absolute atomic E-state index is 0.0753. The van der Waals surface area contributed by atoms with E-state index in [4.69, 9.17) is 0 Å². The predicted octanol–water partition coefficient (Wildman–Crippen LogP) is 1.67. The Morgan fingerprint density at radius 1 is 1.43 bits per heavy atom. The first-order valence-corrected chi connectivity index (χ1v) is 8.66. The number of aromatic nitrogens is 1. The number of rotatable bonds is 6. The zero-order valence-corrected chi connectivity index (χ0v) is 13.9. The highest BCUT2D eigenvalue weighted by Gasteiger charge is 2.43. The van der Waals surface area contributed by atoms with E-state index in [1.807, 2.05) is 35.2 Å². The molecule has 126 valence electrons. The van der Waals surface area contributed by atoms with Crippen molar-refractivity contribution >= 4 is 5.91 Å². The van der Waals surface area contributed by atoms with Gasteiger partial charge in [-0.15, -0.1) is 0 Å². The first-order valence-electron chi connectivity index (χ1n) is 8.66. The van der Waals surface area contributed by atoms with Crippen LogP contribution in [0.2, 0.25) is 0 Å². The minimum Gasteiger partial charge on any atom is -0.379 e. The van der Waals surface area contributed by atoms with Crippen molar-refractivity contribution in [1.29, 1.82) is 0 Å². The molecule has 2 heterocycles. The van der Waals surface area contributed by atoms with E-state index in [2.05, 4.69) is 4.98 Å². The fourth-order valence-corrected chi connectivity index (χ4v) is 3.68. The number of piperidine rings is 1. The molecular formula is C18H27N3O2. The van der Waals surface area contributed by atoms with Crippen molar-refractivity contribution in [3.63, 3.8) is 0 Å². The van der Waals surface area contributed by atoms with E-state index in [0.717, 1.165) is 25.1 Å². The third kappa shape index (κ3) is 3.90. The second-order valence-corrected chi connectivity index (χ2v) is 7.22. The summed E-state index contributed by atoms with van der Waals surface area (Å²) >= 11 is 0. The van der Waals surface area contributed by atoms with Crippen molar-refractivity contribution in [3.8, 4) is 0 Å². The van der Waals surface area contributed by atoms with Gasteiger partial charge in [0.1, 0.15) is 0 Å². The molecule has 0 bridgehead atoms. The number of pyridine rings is 1. The van der Waals surface area contributed by atoms with E-state index >= 15 is 0 Å². The van der Waals surface area contributed by atoms with Gasteiger partial charge >= 0.3 is 0 Å². The molecule has 0 spiro atoms. The molecule has 5 nitrogen and oxygen atoms in total. The van der Waals surface area contributed by atoms with Gasteiger partial charge in [-0.2, -0.15) is 0 Å². The highest BCUT2D eigenvalue weighted by atomic mass is 16.3. The van der Waals surface area contributed by atoms with Crippen molar-refractivity contribution in [2.45, 2.75) is 44.2 Å². The number of carbonyl (C=O) groups excluding carboxylic acids is 1. The normalized spacial score (nSPS) is 25.7. The SMILES string of the molecule is CN(Cc1cccnc1)C[C@]1(O)CCCN(CC2CCC2)C1=O. The Morgan fingerprint density at radius 3 is 2.91 bits per heavy atom. The molecule has 1 aromatic heterocycles. The molecule has 5 heteroatoms. The quantitative estimate of drug-likeness (QED) is 0.867. The number of hydrogen-bond donors (Lipinski definition) is 1. The lowest BCUT2D eigenvalue weighted by Gasteiger charge is -2.42. The number of nitrogens with zero attached hydrogens (tertiary/aromatic N) is 3. The molecule has 2 fully saturated rings. The van der Waals surface area contributed by atoms with E-state index in [9.17, 15) is 9.90 Å². The summed E-state index contributed by atoms with van der Waals surface area (Å²) < 4.78 is 0. The fraction of sp³-hybridized carbons (Fsp3) is 0.667. The minimum atomic E-state index is -1.24. The van der Waals surface area contributed by atoms with Crippen molar-refractivity contribution in [1.82, 2.24) is 14.8 Å². The Hall–Kier alpha value is -1.46. The lowest BCUT2D eigenvalue weighted by atomic mass is 9.83. The topological polar surface area (TPSA) is 56.7 Å². The van der Waals surface area contributed by atoms with Crippen LogP contribution < -0.4 is 0 Å². The Labute approximate surface area is 138 Å². The molecule has 3 rings (SSSR count). The van der Waals surface area contributed by atoms with E-state index < -0.39 is 5.60 Å². The molecule has 1 aromatic rings. The molecule has 1 N–H and O–H groups in total. The third-order valence-corrected chi connectivity index (χ3v) is 5.11. The van der Waals surface area contributed by atoms with Gasteiger partial charge < -0.3 is 10.0 Å². The summed E-state index contributed by atoms with van der Waals surface area (Å²) in [5.41, 5.74) is -0.146. The molecule has 0 unspecified atom stereocenters. The molecular weight excluding hydrogens is 290 g/mol. The van der Waals surface area contributed by atoms with Crippen LogP contribution in [0.25, 0.3) is 0 Å². The predicted molar refractivity (Wildman–Crippen MR) is 88.7 cm³/mol. The van der Waals surface area contributed by atoms with Crippen LogP contribution in [-0.4, -0.2) is 58.1 Å². The number of hydrogen-bond acceptors (Lipinski definition) is 4. The lowest BCUT2D eigenvalue weighted by Crippen LogP contribution is -2.59. The largest absolute Gasteiger partial charge is 0.379 e. The van der Waals surface area contributed by atoms with Gasteiger partial charge in [0.2, 0.25) is 0 Å². The Bertz CT molecular complexity index is 532. The van der Waals surface area contributed by atoms with Crippen molar-refractivity contribution in [2.75, 3.05) is 26.7 Å². The average molecular weight is 317 g/mol.